The molecule has 0 bridgehead atoms. The molecule has 0 saturated heterocycles. The van der Waals surface area contributed by atoms with Gasteiger partial charge >= 0.3 is 0 Å². The van der Waals surface area contributed by atoms with Gasteiger partial charge < -0.3 is 5.32 Å². The predicted molar refractivity (Wildman–Crippen MR) is 74.1 cm³/mol. The Bertz CT molecular complexity index is 583. The minimum Gasteiger partial charge on any atom is -0.314 e. The Balaban J connectivity index is 2.57. The largest absolute Gasteiger partial charge is 0.314 e. The summed E-state index contributed by atoms with van der Waals surface area (Å²) in [6.45, 7) is 0.645. The van der Waals surface area contributed by atoms with Crippen LogP contribution >= 0.6 is 27.5 Å². The molecule has 18 heavy (non-hydrogen) atoms. The molecule has 2 aromatic rings. The van der Waals surface area contributed by atoms with Gasteiger partial charge in [0, 0.05) is 24.2 Å². The van der Waals surface area contributed by atoms with E-state index in [1.807, 2.05) is 14.1 Å². The van der Waals surface area contributed by atoms with E-state index in [0.717, 1.165) is 10.2 Å². The number of benzene rings is 1. The molecule has 0 aliphatic heterocycles. The number of nitrogens with zero attached hydrogens (tertiary/aromatic N) is 2. The van der Waals surface area contributed by atoms with Gasteiger partial charge in [-0.2, -0.15) is 5.10 Å². The molecule has 96 valence electrons. The summed E-state index contributed by atoms with van der Waals surface area (Å²) in [5.74, 6) is -0.339. The van der Waals surface area contributed by atoms with Crippen LogP contribution in [0.1, 0.15) is 5.69 Å². The minimum atomic E-state index is -0.339. The average Bonchev–Trinajstić information content (AvgIpc) is 2.61. The van der Waals surface area contributed by atoms with E-state index in [9.17, 15) is 4.39 Å². The van der Waals surface area contributed by atoms with Crippen molar-refractivity contribution in [3.8, 4) is 11.3 Å². The van der Waals surface area contributed by atoms with Crippen molar-refractivity contribution in [3.05, 3.63) is 39.2 Å². The van der Waals surface area contributed by atoms with Crippen LogP contribution in [0.4, 0.5) is 4.39 Å². The first-order valence-corrected chi connectivity index (χ1v) is 6.53. The SMILES string of the molecule is CNCc1c(Br)c(-c2cc(Cl)ccc2F)nn1C. The van der Waals surface area contributed by atoms with Gasteiger partial charge in [-0.05, 0) is 41.2 Å². The Morgan fingerprint density at radius 2 is 2.22 bits per heavy atom. The first-order valence-electron chi connectivity index (χ1n) is 5.36. The standard InChI is InChI=1S/C12H12BrClFN3/c1-16-6-10-11(13)12(17-18(10)2)8-5-7(14)3-4-9(8)15/h3-5,16H,6H2,1-2H3. The third-order valence-corrected chi connectivity index (χ3v) is 3.70. The molecule has 0 fully saturated rings. The van der Waals surface area contributed by atoms with Gasteiger partial charge in [0.1, 0.15) is 11.5 Å². The van der Waals surface area contributed by atoms with Crippen molar-refractivity contribution in [1.29, 1.82) is 0 Å². The summed E-state index contributed by atoms with van der Waals surface area (Å²) >= 11 is 9.36. The van der Waals surface area contributed by atoms with Crippen LogP contribution in [-0.2, 0) is 13.6 Å². The van der Waals surface area contributed by atoms with E-state index in [-0.39, 0.29) is 5.82 Å². The van der Waals surface area contributed by atoms with Crippen LogP contribution in [0, 0.1) is 5.82 Å². The normalized spacial score (nSPS) is 10.9. The quantitative estimate of drug-likeness (QED) is 0.934. The predicted octanol–water partition coefficient (Wildman–Crippen LogP) is 3.36. The Hall–Kier alpha value is -0.910. The number of aromatic nitrogens is 2. The molecule has 1 aromatic carbocycles. The first kappa shape index (κ1) is 13.5. The molecule has 0 aliphatic carbocycles. The average molecular weight is 333 g/mol. The number of aryl methyl sites for hydroxylation is 1. The van der Waals surface area contributed by atoms with Gasteiger partial charge in [-0.1, -0.05) is 11.6 Å². The van der Waals surface area contributed by atoms with E-state index < -0.39 is 0 Å². The molecular weight excluding hydrogens is 321 g/mol. The molecule has 0 aliphatic rings. The van der Waals surface area contributed by atoms with Crippen molar-refractivity contribution in [2.24, 2.45) is 7.05 Å². The first-order chi connectivity index (χ1) is 8.54. The van der Waals surface area contributed by atoms with Crippen molar-refractivity contribution in [3.63, 3.8) is 0 Å². The van der Waals surface area contributed by atoms with Crippen molar-refractivity contribution < 1.29 is 4.39 Å². The molecule has 2 rings (SSSR count). The van der Waals surface area contributed by atoms with Crippen molar-refractivity contribution in [2.45, 2.75) is 6.54 Å². The molecule has 0 saturated carbocycles. The summed E-state index contributed by atoms with van der Waals surface area (Å²) in [6.07, 6.45) is 0. The minimum absolute atomic E-state index is 0.339. The maximum absolute atomic E-state index is 13.8. The van der Waals surface area contributed by atoms with E-state index in [2.05, 4.69) is 26.3 Å². The van der Waals surface area contributed by atoms with E-state index in [4.69, 9.17) is 11.6 Å². The molecule has 3 nitrogen and oxygen atoms in total. The second-order valence-electron chi connectivity index (χ2n) is 3.89. The lowest BCUT2D eigenvalue weighted by Crippen LogP contribution is -2.10. The fourth-order valence-corrected chi connectivity index (χ4v) is 2.61. The van der Waals surface area contributed by atoms with Gasteiger partial charge in [-0.3, -0.25) is 4.68 Å². The van der Waals surface area contributed by atoms with Crippen LogP contribution in [-0.4, -0.2) is 16.8 Å². The zero-order valence-corrected chi connectivity index (χ0v) is 12.3. The second kappa shape index (κ2) is 5.38. The Morgan fingerprint density at radius 1 is 1.50 bits per heavy atom. The fraction of sp³-hybridized carbons (Fsp3) is 0.250. The summed E-state index contributed by atoms with van der Waals surface area (Å²) in [6, 6.07) is 4.44. The highest BCUT2D eigenvalue weighted by atomic mass is 79.9. The topological polar surface area (TPSA) is 29.9 Å². The second-order valence-corrected chi connectivity index (χ2v) is 5.12. The van der Waals surface area contributed by atoms with Crippen LogP contribution < -0.4 is 5.32 Å². The third kappa shape index (κ3) is 2.43. The van der Waals surface area contributed by atoms with Gasteiger partial charge in [-0.15, -0.1) is 0 Å². The molecule has 0 radical (unpaired) electrons. The number of halogens is 3. The Kier molecular flexibility index (Phi) is 4.04. The summed E-state index contributed by atoms with van der Waals surface area (Å²) in [5.41, 5.74) is 1.90. The van der Waals surface area contributed by atoms with Crippen LogP contribution in [0.3, 0.4) is 0 Å². The van der Waals surface area contributed by atoms with Crippen LogP contribution in [0.2, 0.25) is 5.02 Å². The highest BCUT2D eigenvalue weighted by molar-refractivity contribution is 9.10. The molecule has 0 spiro atoms. The molecule has 1 heterocycles. The molecular formula is C12H12BrClFN3. The van der Waals surface area contributed by atoms with Gasteiger partial charge in [0.15, 0.2) is 0 Å². The van der Waals surface area contributed by atoms with E-state index in [0.29, 0.717) is 22.8 Å². The van der Waals surface area contributed by atoms with Gasteiger partial charge in [-0.25, -0.2) is 4.39 Å². The van der Waals surface area contributed by atoms with Gasteiger partial charge in [0.25, 0.3) is 0 Å². The summed E-state index contributed by atoms with van der Waals surface area (Å²) in [7, 11) is 3.67. The van der Waals surface area contributed by atoms with Gasteiger partial charge in [0.05, 0.1) is 10.2 Å². The number of hydrogen-bond acceptors (Lipinski definition) is 2. The summed E-state index contributed by atoms with van der Waals surface area (Å²) in [4.78, 5) is 0. The van der Waals surface area contributed by atoms with Gasteiger partial charge in [0.2, 0.25) is 0 Å². The third-order valence-electron chi connectivity index (χ3n) is 2.63. The smallest absolute Gasteiger partial charge is 0.132 e. The lowest BCUT2D eigenvalue weighted by molar-refractivity contribution is 0.629. The monoisotopic (exact) mass is 331 g/mol. The number of hydrogen-bond donors (Lipinski definition) is 1. The van der Waals surface area contributed by atoms with E-state index in [1.165, 1.54) is 12.1 Å². The molecule has 0 unspecified atom stereocenters. The van der Waals surface area contributed by atoms with Crippen LogP contribution in [0.15, 0.2) is 22.7 Å². The lowest BCUT2D eigenvalue weighted by Gasteiger charge is -2.02. The van der Waals surface area contributed by atoms with E-state index >= 15 is 0 Å². The fourth-order valence-electron chi connectivity index (χ4n) is 1.74. The highest BCUT2D eigenvalue weighted by Gasteiger charge is 2.17. The number of rotatable bonds is 3. The van der Waals surface area contributed by atoms with Crippen molar-refractivity contribution >= 4 is 27.5 Å². The van der Waals surface area contributed by atoms with Crippen molar-refractivity contribution in [2.75, 3.05) is 7.05 Å². The zero-order chi connectivity index (χ0) is 13.3. The molecule has 1 aromatic heterocycles. The lowest BCUT2D eigenvalue weighted by atomic mass is 10.1. The number of nitrogens with one attached hydrogen (secondary N) is 1. The maximum Gasteiger partial charge on any atom is 0.132 e. The molecule has 6 heteroatoms. The summed E-state index contributed by atoms with van der Waals surface area (Å²) in [5, 5.41) is 7.86. The van der Waals surface area contributed by atoms with E-state index in [1.54, 1.807) is 10.7 Å². The summed E-state index contributed by atoms with van der Waals surface area (Å²) < 4.78 is 16.3. The Morgan fingerprint density at radius 3 is 2.89 bits per heavy atom. The van der Waals surface area contributed by atoms with Crippen LogP contribution in [0.25, 0.3) is 11.3 Å². The molecule has 1 N–H and O–H groups in total. The maximum atomic E-state index is 13.8. The molecule has 0 atom stereocenters. The van der Waals surface area contributed by atoms with Crippen LogP contribution in [0.5, 0.6) is 0 Å². The zero-order valence-electron chi connectivity index (χ0n) is 9.97. The Labute approximate surface area is 118 Å². The molecule has 0 amide bonds. The highest BCUT2D eigenvalue weighted by Crippen LogP contribution is 2.33. The van der Waals surface area contributed by atoms with Crippen molar-refractivity contribution in [1.82, 2.24) is 15.1 Å².